The van der Waals surface area contributed by atoms with E-state index in [1.165, 1.54) is 23.0 Å². The van der Waals surface area contributed by atoms with Gasteiger partial charge in [-0.2, -0.15) is 0 Å². The van der Waals surface area contributed by atoms with Gasteiger partial charge in [-0.05, 0) is 6.92 Å². The molecule has 0 aliphatic heterocycles. The van der Waals surface area contributed by atoms with Crippen molar-refractivity contribution in [3.63, 3.8) is 0 Å². The largest absolute Gasteiger partial charge is 0.459 e. The summed E-state index contributed by atoms with van der Waals surface area (Å²) in [7, 11) is 0. The van der Waals surface area contributed by atoms with Gasteiger partial charge in [0.15, 0.2) is 0 Å². The van der Waals surface area contributed by atoms with E-state index in [0.29, 0.717) is 11.3 Å². The van der Waals surface area contributed by atoms with Crippen molar-refractivity contribution in [3.05, 3.63) is 80.8 Å². The maximum atomic E-state index is 12.0. The fourth-order valence-electron chi connectivity index (χ4n) is 2.40. The smallest absolute Gasteiger partial charge is 0.310 e. The van der Waals surface area contributed by atoms with E-state index in [4.69, 9.17) is 4.74 Å². The van der Waals surface area contributed by atoms with Crippen LogP contribution in [0.15, 0.2) is 53.9 Å². The average Bonchev–Trinajstić information content (AvgIpc) is 3.10. The molecule has 132 valence electrons. The van der Waals surface area contributed by atoms with Gasteiger partial charge < -0.3 is 4.74 Å². The molecule has 3 rings (SSSR count). The zero-order chi connectivity index (χ0) is 18.5. The van der Waals surface area contributed by atoms with Crippen LogP contribution in [0.4, 0.5) is 5.69 Å². The summed E-state index contributed by atoms with van der Waals surface area (Å²) in [5.74, 6) is -0.524. The average molecular weight is 368 g/mol. The number of thiazole rings is 1. The number of aromatic nitrogens is 1. The second-order valence-corrected chi connectivity index (χ2v) is 6.59. The number of benzene rings is 2. The van der Waals surface area contributed by atoms with E-state index >= 15 is 0 Å². The zero-order valence-corrected chi connectivity index (χ0v) is 14.9. The Bertz CT molecular complexity index is 935. The summed E-state index contributed by atoms with van der Waals surface area (Å²) in [5.41, 5.74) is 3.09. The molecule has 7 heteroatoms. The lowest BCUT2D eigenvalue weighted by atomic mass is 10.1. The Morgan fingerprint density at radius 3 is 2.65 bits per heavy atom. The Hall–Kier alpha value is -3.06. The number of carbonyl (C=O) groups is 1. The summed E-state index contributed by atoms with van der Waals surface area (Å²) in [6, 6.07) is 14.2. The lowest BCUT2D eigenvalue weighted by Gasteiger charge is -2.04. The third-order valence-corrected chi connectivity index (χ3v) is 4.69. The molecule has 0 atom stereocenters. The number of hydrogen-bond acceptors (Lipinski definition) is 6. The number of esters is 1. The first kappa shape index (κ1) is 17.8. The van der Waals surface area contributed by atoms with Crippen LogP contribution < -0.4 is 0 Å². The minimum atomic E-state index is -0.524. The van der Waals surface area contributed by atoms with Gasteiger partial charge in [-0.15, -0.1) is 11.3 Å². The molecular formula is C19H16N2O4S. The Labute approximate surface area is 154 Å². The Morgan fingerprint density at radius 2 is 1.92 bits per heavy atom. The molecule has 0 N–H and O–H groups in total. The molecule has 0 aliphatic carbocycles. The number of carbonyl (C=O) groups excluding carboxylic acids is 1. The number of para-hydroxylation sites is 1. The van der Waals surface area contributed by atoms with E-state index in [0.717, 1.165) is 10.6 Å². The highest BCUT2D eigenvalue weighted by atomic mass is 32.1. The third-order valence-electron chi connectivity index (χ3n) is 3.75. The second kappa shape index (κ2) is 7.88. The number of aryl methyl sites for hydroxylation is 1. The van der Waals surface area contributed by atoms with Gasteiger partial charge in [0.25, 0.3) is 5.69 Å². The van der Waals surface area contributed by atoms with Crippen LogP contribution in [0.3, 0.4) is 0 Å². The summed E-state index contributed by atoms with van der Waals surface area (Å²) in [6.45, 7) is 2.06. The maximum absolute atomic E-state index is 12.0. The van der Waals surface area contributed by atoms with E-state index in [-0.39, 0.29) is 18.7 Å². The third kappa shape index (κ3) is 4.31. The second-order valence-electron chi connectivity index (χ2n) is 5.73. The lowest BCUT2D eigenvalue weighted by molar-refractivity contribution is -0.385. The Balaban J connectivity index is 1.60. The highest BCUT2D eigenvalue weighted by Crippen LogP contribution is 2.24. The van der Waals surface area contributed by atoms with E-state index in [1.54, 1.807) is 18.2 Å². The number of nitro benzene ring substituents is 1. The molecule has 0 saturated carbocycles. The number of nitro groups is 1. The first-order valence-corrected chi connectivity index (χ1v) is 8.80. The van der Waals surface area contributed by atoms with Gasteiger partial charge >= 0.3 is 5.97 Å². The van der Waals surface area contributed by atoms with Crippen LogP contribution in [-0.4, -0.2) is 15.9 Å². The molecule has 2 aromatic carbocycles. The van der Waals surface area contributed by atoms with Crippen LogP contribution in [0.2, 0.25) is 0 Å². The predicted octanol–water partition coefficient (Wildman–Crippen LogP) is 4.31. The highest BCUT2D eigenvalue weighted by Gasteiger charge is 2.16. The molecule has 0 spiro atoms. The van der Waals surface area contributed by atoms with Crippen LogP contribution in [0.1, 0.15) is 16.8 Å². The lowest BCUT2D eigenvalue weighted by Crippen LogP contribution is -2.09. The molecule has 0 saturated heterocycles. The van der Waals surface area contributed by atoms with E-state index in [9.17, 15) is 14.9 Å². The van der Waals surface area contributed by atoms with Crippen molar-refractivity contribution >= 4 is 23.0 Å². The van der Waals surface area contributed by atoms with Crippen molar-refractivity contribution in [1.82, 2.24) is 4.98 Å². The fraction of sp³-hybridized carbons (Fsp3) is 0.158. The summed E-state index contributed by atoms with van der Waals surface area (Å²) in [6.07, 6.45) is -0.147. The first-order valence-electron chi connectivity index (χ1n) is 7.92. The molecule has 0 amide bonds. The topological polar surface area (TPSA) is 82.3 Å². The van der Waals surface area contributed by atoms with Gasteiger partial charge in [0.2, 0.25) is 0 Å². The molecular weight excluding hydrogens is 352 g/mol. The van der Waals surface area contributed by atoms with Crippen LogP contribution in [0, 0.1) is 17.0 Å². The number of hydrogen-bond donors (Lipinski definition) is 0. The van der Waals surface area contributed by atoms with Crippen molar-refractivity contribution in [2.24, 2.45) is 0 Å². The molecule has 26 heavy (non-hydrogen) atoms. The molecule has 0 bridgehead atoms. The number of ether oxygens (including phenoxy) is 1. The van der Waals surface area contributed by atoms with Gasteiger partial charge in [-0.25, -0.2) is 4.98 Å². The summed E-state index contributed by atoms with van der Waals surface area (Å²) < 4.78 is 5.22. The molecule has 0 unspecified atom stereocenters. The normalized spacial score (nSPS) is 10.5. The quantitative estimate of drug-likeness (QED) is 0.368. The highest BCUT2D eigenvalue weighted by molar-refractivity contribution is 7.13. The summed E-state index contributed by atoms with van der Waals surface area (Å²) in [5, 5.41) is 13.7. The standard InChI is InChI=1S/C19H16N2O4S/c1-13-6-8-14(9-7-13)19-20-16(12-26-19)11-25-18(22)10-15-4-2-3-5-17(15)21(23)24/h2-9,12H,10-11H2,1H3. The molecule has 1 aromatic heterocycles. The molecule has 1 heterocycles. The van der Waals surface area contributed by atoms with Crippen molar-refractivity contribution in [1.29, 1.82) is 0 Å². The monoisotopic (exact) mass is 368 g/mol. The number of nitrogens with zero attached hydrogens (tertiary/aromatic N) is 2. The predicted molar refractivity (Wildman–Crippen MR) is 98.9 cm³/mol. The van der Waals surface area contributed by atoms with E-state index in [1.807, 2.05) is 36.6 Å². The van der Waals surface area contributed by atoms with Crippen LogP contribution in [0.25, 0.3) is 10.6 Å². The fourth-order valence-corrected chi connectivity index (χ4v) is 3.21. The summed E-state index contributed by atoms with van der Waals surface area (Å²) >= 11 is 1.48. The van der Waals surface area contributed by atoms with E-state index in [2.05, 4.69) is 4.98 Å². The van der Waals surface area contributed by atoms with Crippen LogP contribution in [0.5, 0.6) is 0 Å². The van der Waals surface area contributed by atoms with Gasteiger partial charge in [0.05, 0.1) is 17.0 Å². The van der Waals surface area contributed by atoms with Gasteiger partial charge in [0, 0.05) is 22.6 Å². The van der Waals surface area contributed by atoms with Crippen LogP contribution in [-0.2, 0) is 22.6 Å². The number of rotatable bonds is 6. The van der Waals surface area contributed by atoms with E-state index < -0.39 is 10.9 Å². The zero-order valence-electron chi connectivity index (χ0n) is 14.0. The van der Waals surface area contributed by atoms with Gasteiger partial charge in [-0.3, -0.25) is 14.9 Å². The molecule has 3 aromatic rings. The van der Waals surface area contributed by atoms with Crippen LogP contribution >= 0.6 is 11.3 Å². The Kier molecular flexibility index (Phi) is 5.38. The van der Waals surface area contributed by atoms with Gasteiger partial charge in [-0.1, -0.05) is 48.0 Å². The van der Waals surface area contributed by atoms with Crippen molar-refractivity contribution in [2.75, 3.05) is 0 Å². The summed E-state index contributed by atoms with van der Waals surface area (Å²) in [4.78, 5) is 27.0. The first-order chi connectivity index (χ1) is 12.5. The molecule has 0 fully saturated rings. The minimum Gasteiger partial charge on any atom is -0.459 e. The molecule has 0 aliphatic rings. The van der Waals surface area contributed by atoms with Crippen molar-refractivity contribution in [3.8, 4) is 10.6 Å². The SMILES string of the molecule is Cc1ccc(-c2nc(COC(=O)Cc3ccccc3[N+](=O)[O-])cs2)cc1. The Morgan fingerprint density at radius 1 is 1.19 bits per heavy atom. The van der Waals surface area contributed by atoms with Gasteiger partial charge in [0.1, 0.15) is 11.6 Å². The molecule has 6 nitrogen and oxygen atoms in total. The maximum Gasteiger partial charge on any atom is 0.310 e. The van der Waals surface area contributed by atoms with Crippen molar-refractivity contribution < 1.29 is 14.5 Å². The van der Waals surface area contributed by atoms with Crippen molar-refractivity contribution in [2.45, 2.75) is 20.0 Å². The minimum absolute atomic E-state index is 0.0435. The molecule has 0 radical (unpaired) electrons.